The number of aryl methyl sites for hydroxylation is 1. The van der Waals surface area contributed by atoms with E-state index >= 15 is 0 Å². The Morgan fingerprint density at radius 2 is 2.16 bits per heavy atom. The third-order valence-corrected chi connectivity index (χ3v) is 2.55. The summed E-state index contributed by atoms with van der Waals surface area (Å²) in [6.45, 7) is 2.47. The number of benzene rings is 1. The van der Waals surface area contributed by atoms with Crippen LogP contribution in [0, 0.1) is 6.92 Å². The Hall–Kier alpha value is -2.10. The van der Waals surface area contributed by atoms with Crippen LogP contribution in [0.1, 0.15) is 24.0 Å². The molecule has 0 saturated carbocycles. The van der Waals surface area contributed by atoms with Crippen molar-refractivity contribution in [2.75, 3.05) is 13.7 Å². The molecule has 4 heteroatoms. The highest BCUT2D eigenvalue weighted by Gasteiger charge is 2.00. The summed E-state index contributed by atoms with van der Waals surface area (Å²) in [5.41, 5.74) is 2.14. The van der Waals surface area contributed by atoms with Crippen LogP contribution in [0.2, 0.25) is 0 Å². The topological polar surface area (TPSA) is 55.4 Å². The highest BCUT2D eigenvalue weighted by Crippen LogP contribution is 2.05. The molecule has 0 radical (unpaired) electrons. The number of esters is 1. The van der Waals surface area contributed by atoms with Gasteiger partial charge in [0.05, 0.1) is 7.11 Å². The lowest BCUT2D eigenvalue weighted by Crippen LogP contribution is -2.22. The van der Waals surface area contributed by atoms with Gasteiger partial charge >= 0.3 is 5.97 Å². The van der Waals surface area contributed by atoms with Crippen molar-refractivity contribution in [2.45, 2.75) is 19.8 Å². The van der Waals surface area contributed by atoms with E-state index in [1.165, 1.54) is 13.2 Å². The van der Waals surface area contributed by atoms with E-state index in [1.807, 2.05) is 31.2 Å². The van der Waals surface area contributed by atoms with Crippen molar-refractivity contribution < 1.29 is 14.3 Å². The second-order valence-corrected chi connectivity index (χ2v) is 4.22. The van der Waals surface area contributed by atoms with Crippen molar-refractivity contribution in [3.63, 3.8) is 0 Å². The summed E-state index contributed by atoms with van der Waals surface area (Å²) in [6.07, 6.45) is 4.16. The number of hydrogen-bond donors (Lipinski definition) is 1. The molecule has 0 saturated heterocycles. The smallest absolute Gasteiger partial charge is 0.305 e. The zero-order valence-electron chi connectivity index (χ0n) is 11.3. The molecular weight excluding hydrogens is 242 g/mol. The average Bonchev–Trinajstić information content (AvgIpc) is 2.41. The first-order valence-corrected chi connectivity index (χ1v) is 6.21. The van der Waals surface area contributed by atoms with E-state index in [1.54, 1.807) is 6.08 Å². The monoisotopic (exact) mass is 261 g/mol. The molecule has 19 heavy (non-hydrogen) atoms. The molecule has 0 heterocycles. The van der Waals surface area contributed by atoms with Crippen LogP contribution in [0.5, 0.6) is 0 Å². The molecule has 0 aliphatic carbocycles. The molecular formula is C15H19NO3. The molecule has 0 atom stereocenters. The lowest BCUT2D eigenvalue weighted by molar-refractivity contribution is -0.140. The Balaban J connectivity index is 2.29. The van der Waals surface area contributed by atoms with Gasteiger partial charge in [0.15, 0.2) is 0 Å². The molecule has 0 aromatic heterocycles. The zero-order chi connectivity index (χ0) is 14.1. The molecule has 1 aromatic carbocycles. The van der Waals surface area contributed by atoms with E-state index in [0.717, 1.165) is 11.1 Å². The first-order chi connectivity index (χ1) is 9.11. The van der Waals surface area contributed by atoms with Crippen molar-refractivity contribution in [1.82, 2.24) is 5.32 Å². The summed E-state index contributed by atoms with van der Waals surface area (Å²) in [5, 5.41) is 2.71. The quantitative estimate of drug-likeness (QED) is 0.484. The maximum atomic E-state index is 11.5. The molecule has 102 valence electrons. The number of methoxy groups -OCH3 is 1. The summed E-state index contributed by atoms with van der Waals surface area (Å²) in [7, 11) is 1.35. The highest BCUT2D eigenvalue weighted by atomic mass is 16.5. The van der Waals surface area contributed by atoms with E-state index in [-0.39, 0.29) is 11.9 Å². The van der Waals surface area contributed by atoms with Crippen LogP contribution in [0.25, 0.3) is 6.08 Å². The number of rotatable bonds is 6. The van der Waals surface area contributed by atoms with Gasteiger partial charge in [-0.15, -0.1) is 0 Å². The highest BCUT2D eigenvalue weighted by molar-refractivity contribution is 5.91. The molecule has 1 N–H and O–H groups in total. The first kappa shape index (κ1) is 15.0. The Labute approximate surface area is 113 Å². The molecule has 0 bridgehead atoms. The van der Waals surface area contributed by atoms with E-state index in [9.17, 15) is 9.59 Å². The van der Waals surface area contributed by atoms with E-state index in [2.05, 4.69) is 10.1 Å². The second kappa shape index (κ2) is 8.08. The van der Waals surface area contributed by atoms with Crippen molar-refractivity contribution in [3.8, 4) is 0 Å². The van der Waals surface area contributed by atoms with Crippen molar-refractivity contribution in [3.05, 3.63) is 41.5 Å². The van der Waals surface area contributed by atoms with Gasteiger partial charge in [-0.05, 0) is 25.0 Å². The maximum Gasteiger partial charge on any atom is 0.305 e. The Morgan fingerprint density at radius 1 is 1.37 bits per heavy atom. The fourth-order valence-corrected chi connectivity index (χ4v) is 1.55. The van der Waals surface area contributed by atoms with Crippen LogP contribution in [-0.2, 0) is 14.3 Å². The fraction of sp³-hybridized carbons (Fsp3) is 0.333. The van der Waals surface area contributed by atoms with Crippen LogP contribution >= 0.6 is 0 Å². The van der Waals surface area contributed by atoms with Gasteiger partial charge in [0, 0.05) is 19.0 Å². The molecule has 0 aliphatic heterocycles. The molecule has 1 aromatic rings. The van der Waals surface area contributed by atoms with Gasteiger partial charge in [0.25, 0.3) is 0 Å². The summed E-state index contributed by atoms with van der Waals surface area (Å²) in [6, 6.07) is 7.89. The van der Waals surface area contributed by atoms with E-state index < -0.39 is 0 Å². The van der Waals surface area contributed by atoms with Gasteiger partial charge < -0.3 is 10.1 Å². The van der Waals surface area contributed by atoms with Gasteiger partial charge in [-0.25, -0.2) is 0 Å². The van der Waals surface area contributed by atoms with Crippen molar-refractivity contribution in [1.29, 1.82) is 0 Å². The second-order valence-electron chi connectivity index (χ2n) is 4.22. The minimum absolute atomic E-state index is 0.161. The van der Waals surface area contributed by atoms with Crippen molar-refractivity contribution >= 4 is 18.0 Å². The number of carbonyl (C=O) groups excluding carboxylic acids is 2. The molecule has 0 spiro atoms. The molecule has 1 amide bonds. The van der Waals surface area contributed by atoms with Crippen LogP contribution in [-0.4, -0.2) is 25.5 Å². The number of amides is 1. The Morgan fingerprint density at radius 3 is 2.84 bits per heavy atom. The van der Waals surface area contributed by atoms with Crippen LogP contribution in [0.3, 0.4) is 0 Å². The van der Waals surface area contributed by atoms with E-state index in [4.69, 9.17) is 0 Å². The molecule has 0 fully saturated rings. The molecule has 1 rings (SSSR count). The average molecular weight is 261 g/mol. The maximum absolute atomic E-state index is 11.5. The lowest BCUT2D eigenvalue weighted by Gasteiger charge is -2.01. The van der Waals surface area contributed by atoms with Gasteiger partial charge in [-0.2, -0.15) is 0 Å². The van der Waals surface area contributed by atoms with Crippen molar-refractivity contribution in [2.24, 2.45) is 0 Å². The predicted molar refractivity (Wildman–Crippen MR) is 74.5 cm³/mol. The summed E-state index contributed by atoms with van der Waals surface area (Å²) < 4.78 is 4.51. The summed E-state index contributed by atoms with van der Waals surface area (Å²) in [5.74, 6) is -0.420. The summed E-state index contributed by atoms with van der Waals surface area (Å²) >= 11 is 0. The lowest BCUT2D eigenvalue weighted by atomic mass is 10.1. The van der Waals surface area contributed by atoms with E-state index in [0.29, 0.717) is 19.4 Å². The molecule has 4 nitrogen and oxygen atoms in total. The number of ether oxygens (including phenoxy) is 1. The van der Waals surface area contributed by atoms with Gasteiger partial charge in [-0.3, -0.25) is 9.59 Å². The SMILES string of the molecule is COC(=O)CCCNC(=O)/C=C/c1cccc(C)c1. The van der Waals surface area contributed by atoms with Gasteiger partial charge in [0.2, 0.25) is 5.91 Å². The minimum Gasteiger partial charge on any atom is -0.469 e. The zero-order valence-corrected chi connectivity index (χ0v) is 11.3. The van der Waals surface area contributed by atoms with Crippen LogP contribution in [0.4, 0.5) is 0 Å². The normalized spacial score (nSPS) is 10.4. The number of carbonyl (C=O) groups is 2. The van der Waals surface area contributed by atoms with Gasteiger partial charge in [-0.1, -0.05) is 29.8 Å². The molecule has 0 unspecified atom stereocenters. The Kier molecular flexibility index (Phi) is 6.36. The largest absolute Gasteiger partial charge is 0.469 e. The number of nitrogens with one attached hydrogen (secondary N) is 1. The standard InChI is InChI=1S/C15H19NO3/c1-12-5-3-6-13(11-12)8-9-14(17)16-10-4-7-15(18)19-2/h3,5-6,8-9,11H,4,7,10H2,1-2H3,(H,16,17)/b9-8+. The van der Waals surface area contributed by atoms with Gasteiger partial charge in [0.1, 0.15) is 0 Å². The third-order valence-electron chi connectivity index (χ3n) is 2.55. The minimum atomic E-state index is -0.260. The summed E-state index contributed by atoms with van der Waals surface area (Å²) in [4.78, 5) is 22.4. The van der Waals surface area contributed by atoms with Crippen LogP contribution in [0.15, 0.2) is 30.3 Å². The third kappa shape index (κ3) is 6.41. The fourth-order valence-electron chi connectivity index (χ4n) is 1.55. The number of hydrogen-bond acceptors (Lipinski definition) is 3. The van der Waals surface area contributed by atoms with Crippen LogP contribution < -0.4 is 5.32 Å². The Bertz CT molecular complexity index is 466. The first-order valence-electron chi connectivity index (χ1n) is 6.21. The predicted octanol–water partition coefficient (Wildman–Crippen LogP) is 2.08. The molecule has 0 aliphatic rings.